The molecule has 124 valence electrons. The van der Waals surface area contributed by atoms with E-state index in [-0.39, 0.29) is 6.10 Å². The van der Waals surface area contributed by atoms with Crippen LogP contribution in [-0.4, -0.2) is 43.9 Å². The molecule has 2 aliphatic rings. The lowest BCUT2D eigenvalue weighted by Gasteiger charge is -2.41. The van der Waals surface area contributed by atoms with Gasteiger partial charge >= 0.3 is 5.97 Å². The van der Waals surface area contributed by atoms with Crippen LogP contribution in [0.1, 0.15) is 25.2 Å². The minimum atomic E-state index is -0.511. The zero-order valence-corrected chi connectivity index (χ0v) is 13.0. The highest BCUT2D eigenvalue weighted by Crippen LogP contribution is 2.32. The molecule has 0 aliphatic carbocycles. The maximum absolute atomic E-state index is 11.0. The molecule has 2 saturated heterocycles. The Balaban J connectivity index is 1.78. The fourth-order valence-electron chi connectivity index (χ4n) is 2.60. The molecule has 1 aromatic rings. The molecule has 4 unspecified atom stereocenters. The molecule has 0 aromatic heterocycles. The van der Waals surface area contributed by atoms with E-state index in [4.69, 9.17) is 23.8 Å². The third-order valence-electron chi connectivity index (χ3n) is 3.68. The Morgan fingerprint density at radius 1 is 1.26 bits per heavy atom. The number of benzene rings is 1. The Morgan fingerprint density at radius 3 is 2.74 bits per heavy atom. The number of carbonyl (C=O) groups excluding carboxylic acids is 1. The van der Waals surface area contributed by atoms with E-state index < -0.39 is 24.7 Å². The van der Waals surface area contributed by atoms with Crippen molar-refractivity contribution in [1.29, 1.82) is 0 Å². The van der Waals surface area contributed by atoms with Crippen LogP contribution < -0.4 is 0 Å². The Labute approximate surface area is 134 Å². The third kappa shape index (κ3) is 3.76. The predicted molar refractivity (Wildman–Crippen MR) is 79.5 cm³/mol. The highest BCUT2D eigenvalue weighted by atomic mass is 16.7. The van der Waals surface area contributed by atoms with Crippen LogP contribution >= 0.6 is 0 Å². The van der Waals surface area contributed by atoms with Gasteiger partial charge < -0.3 is 23.8 Å². The Hall–Kier alpha value is -1.80. The van der Waals surface area contributed by atoms with E-state index in [1.54, 1.807) is 7.11 Å². The molecule has 7 nitrogen and oxygen atoms in total. The highest BCUT2D eigenvalue weighted by molar-refractivity contribution is 5.90. The molecule has 2 heterocycles. The van der Waals surface area contributed by atoms with Gasteiger partial charge in [-0.05, 0) is 0 Å². The van der Waals surface area contributed by atoms with Crippen LogP contribution in [0.3, 0.4) is 0 Å². The first-order valence-corrected chi connectivity index (χ1v) is 7.42. The minimum absolute atomic E-state index is 0.336. The number of ether oxygens (including phenoxy) is 4. The van der Waals surface area contributed by atoms with E-state index >= 15 is 0 Å². The third-order valence-corrected chi connectivity index (χ3v) is 3.68. The molecule has 0 radical (unpaired) electrons. The van der Waals surface area contributed by atoms with E-state index in [1.165, 1.54) is 6.92 Å². The number of oxime groups is 1. The molecule has 0 amide bonds. The Kier molecular flexibility index (Phi) is 5.02. The maximum Gasteiger partial charge on any atom is 0.331 e. The number of nitrogens with zero attached hydrogens (tertiary/aromatic N) is 1. The van der Waals surface area contributed by atoms with Gasteiger partial charge in [0.1, 0.15) is 12.2 Å². The molecule has 3 rings (SSSR count). The summed E-state index contributed by atoms with van der Waals surface area (Å²) in [5.41, 5.74) is 1.49. The van der Waals surface area contributed by atoms with Crippen LogP contribution in [0.15, 0.2) is 35.5 Å². The summed E-state index contributed by atoms with van der Waals surface area (Å²) in [6.07, 6.45) is -1.41. The molecule has 0 spiro atoms. The lowest BCUT2D eigenvalue weighted by atomic mass is 10.0. The smallest absolute Gasteiger partial charge is 0.331 e. The first-order chi connectivity index (χ1) is 11.2. The summed E-state index contributed by atoms with van der Waals surface area (Å²) in [5.74, 6) is -0.485. The van der Waals surface area contributed by atoms with E-state index in [9.17, 15) is 4.79 Å². The normalized spacial score (nSPS) is 32.3. The van der Waals surface area contributed by atoms with Crippen molar-refractivity contribution in [2.45, 2.75) is 38.1 Å². The van der Waals surface area contributed by atoms with Gasteiger partial charge in [0.2, 0.25) is 0 Å². The molecule has 23 heavy (non-hydrogen) atoms. The van der Waals surface area contributed by atoms with Crippen LogP contribution in [0.5, 0.6) is 0 Å². The second-order valence-corrected chi connectivity index (χ2v) is 5.34. The van der Waals surface area contributed by atoms with Crippen molar-refractivity contribution < 1.29 is 28.6 Å². The Bertz CT molecular complexity index is 575. The number of hydrogen-bond donors (Lipinski definition) is 0. The molecular weight excluding hydrogens is 302 g/mol. The van der Waals surface area contributed by atoms with Crippen LogP contribution in [0.2, 0.25) is 0 Å². The van der Waals surface area contributed by atoms with Crippen molar-refractivity contribution in [3.8, 4) is 0 Å². The van der Waals surface area contributed by atoms with Gasteiger partial charge in [-0.1, -0.05) is 35.5 Å². The monoisotopic (exact) mass is 321 g/mol. The molecule has 0 N–H and O–H groups in total. The summed E-state index contributed by atoms with van der Waals surface area (Å²) in [5, 5.41) is 3.92. The average Bonchev–Trinajstić information content (AvgIpc) is 2.59. The first-order valence-electron chi connectivity index (χ1n) is 7.42. The van der Waals surface area contributed by atoms with Crippen LogP contribution in [0.25, 0.3) is 0 Å². The number of methoxy groups -OCH3 is 1. The van der Waals surface area contributed by atoms with E-state index in [0.717, 1.165) is 5.56 Å². The summed E-state index contributed by atoms with van der Waals surface area (Å²) >= 11 is 0. The molecule has 0 saturated carbocycles. The van der Waals surface area contributed by atoms with Gasteiger partial charge in [0.05, 0.1) is 12.3 Å². The largest absolute Gasteiger partial charge is 0.355 e. The molecule has 0 bridgehead atoms. The highest BCUT2D eigenvalue weighted by Gasteiger charge is 2.43. The van der Waals surface area contributed by atoms with Gasteiger partial charge in [-0.3, -0.25) is 0 Å². The van der Waals surface area contributed by atoms with E-state index in [0.29, 0.717) is 18.7 Å². The summed E-state index contributed by atoms with van der Waals surface area (Å²) in [6, 6.07) is 9.61. The quantitative estimate of drug-likeness (QED) is 0.624. The topological polar surface area (TPSA) is 75.6 Å². The van der Waals surface area contributed by atoms with Gasteiger partial charge in [0.25, 0.3) is 0 Å². The van der Waals surface area contributed by atoms with E-state index in [2.05, 4.69) is 5.16 Å². The van der Waals surface area contributed by atoms with Crippen molar-refractivity contribution in [3.05, 3.63) is 35.9 Å². The zero-order valence-electron chi connectivity index (χ0n) is 13.0. The van der Waals surface area contributed by atoms with Crippen molar-refractivity contribution in [3.63, 3.8) is 0 Å². The fraction of sp³-hybridized carbons (Fsp3) is 0.500. The predicted octanol–water partition coefficient (Wildman–Crippen LogP) is 1.78. The first kappa shape index (κ1) is 16.1. The minimum Gasteiger partial charge on any atom is -0.355 e. The second-order valence-electron chi connectivity index (χ2n) is 5.34. The Morgan fingerprint density at radius 2 is 2.04 bits per heavy atom. The van der Waals surface area contributed by atoms with Gasteiger partial charge in [-0.25, -0.2) is 4.79 Å². The van der Waals surface area contributed by atoms with E-state index in [1.807, 2.05) is 30.3 Å². The summed E-state index contributed by atoms with van der Waals surface area (Å²) < 4.78 is 22.7. The zero-order chi connectivity index (χ0) is 16.2. The lowest BCUT2D eigenvalue weighted by Crippen LogP contribution is -2.53. The molecule has 1 aromatic carbocycles. The van der Waals surface area contributed by atoms with Crippen molar-refractivity contribution >= 4 is 11.7 Å². The number of carbonyl (C=O) groups is 1. The number of rotatable bonds is 3. The van der Waals surface area contributed by atoms with Crippen molar-refractivity contribution in [2.24, 2.45) is 5.16 Å². The van der Waals surface area contributed by atoms with Gasteiger partial charge in [0.15, 0.2) is 12.6 Å². The van der Waals surface area contributed by atoms with Crippen molar-refractivity contribution in [1.82, 2.24) is 0 Å². The van der Waals surface area contributed by atoms with Crippen LogP contribution in [0, 0.1) is 0 Å². The summed E-state index contributed by atoms with van der Waals surface area (Å²) in [4.78, 5) is 15.8. The van der Waals surface area contributed by atoms with Gasteiger partial charge in [-0.15, -0.1) is 0 Å². The summed E-state index contributed by atoms with van der Waals surface area (Å²) in [6.45, 7) is 1.63. The SMILES string of the molecule is COC1CC(=NOC(C)=O)C2OC(c3ccccc3)OCC2O1. The molecule has 2 aliphatic heterocycles. The van der Waals surface area contributed by atoms with Gasteiger partial charge in [-0.2, -0.15) is 0 Å². The van der Waals surface area contributed by atoms with Crippen LogP contribution in [0.4, 0.5) is 0 Å². The fourth-order valence-corrected chi connectivity index (χ4v) is 2.60. The number of fused-ring (bicyclic) bond motifs is 1. The molecular formula is C16H19NO6. The standard InChI is InChI=1S/C16H19NO6/c1-10(18)23-17-12-8-14(19-2)21-13-9-20-16(22-15(12)13)11-6-4-3-5-7-11/h3-7,13-16H,8-9H2,1-2H3. The summed E-state index contributed by atoms with van der Waals surface area (Å²) in [7, 11) is 1.55. The molecule has 7 heteroatoms. The average molecular weight is 321 g/mol. The maximum atomic E-state index is 11.0. The second kappa shape index (κ2) is 7.18. The molecule has 2 fully saturated rings. The lowest BCUT2D eigenvalue weighted by molar-refractivity contribution is -0.286. The molecule has 4 atom stereocenters. The van der Waals surface area contributed by atoms with Gasteiger partial charge in [0, 0.05) is 26.0 Å². The van der Waals surface area contributed by atoms with Crippen LogP contribution in [-0.2, 0) is 28.6 Å². The number of hydrogen-bond acceptors (Lipinski definition) is 7. The van der Waals surface area contributed by atoms with Crippen molar-refractivity contribution in [2.75, 3.05) is 13.7 Å².